The number of rotatable bonds is 3. The largest absolute Gasteiger partial charge is 0.418 e. The van der Waals surface area contributed by atoms with Crippen molar-refractivity contribution in [2.24, 2.45) is 0 Å². The summed E-state index contributed by atoms with van der Waals surface area (Å²) in [6.07, 6.45) is -1.43. The van der Waals surface area contributed by atoms with Crippen molar-refractivity contribution in [3.05, 3.63) is 28.8 Å². The van der Waals surface area contributed by atoms with E-state index in [4.69, 9.17) is 11.6 Å². The molecule has 1 heterocycles. The van der Waals surface area contributed by atoms with Crippen molar-refractivity contribution >= 4 is 23.2 Å². The number of anilines is 1. The summed E-state index contributed by atoms with van der Waals surface area (Å²) in [7, 11) is 0. The van der Waals surface area contributed by atoms with Crippen LogP contribution in [0.15, 0.2) is 18.2 Å². The molecule has 0 bridgehead atoms. The van der Waals surface area contributed by atoms with Crippen LogP contribution in [0.4, 0.5) is 18.9 Å². The third-order valence-electron chi connectivity index (χ3n) is 3.86. The monoisotopic (exact) mass is 334 g/mol. The van der Waals surface area contributed by atoms with Crippen LogP contribution in [0.2, 0.25) is 5.02 Å². The van der Waals surface area contributed by atoms with Crippen molar-refractivity contribution in [3.63, 3.8) is 0 Å². The Morgan fingerprint density at radius 1 is 1.27 bits per heavy atom. The minimum Gasteiger partial charge on any atom is -0.324 e. The first-order valence-electron chi connectivity index (χ1n) is 7.20. The maximum atomic E-state index is 13.0. The van der Waals surface area contributed by atoms with E-state index in [-0.39, 0.29) is 10.7 Å². The Balaban J connectivity index is 2.14. The lowest BCUT2D eigenvalue weighted by Crippen LogP contribution is -2.44. The van der Waals surface area contributed by atoms with Gasteiger partial charge in [-0.1, -0.05) is 18.0 Å². The predicted molar refractivity (Wildman–Crippen MR) is 80.0 cm³/mol. The quantitative estimate of drug-likeness (QED) is 0.899. The van der Waals surface area contributed by atoms with E-state index in [1.807, 2.05) is 4.90 Å². The molecule has 3 nitrogen and oxygen atoms in total. The Morgan fingerprint density at radius 3 is 2.50 bits per heavy atom. The Morgan fingerprint density at radius 2 is 1.91 bits per heavy atom. The molecule has 1 saturated heterocycles. The van der Waals surface area contributed by atoms with Gasteiger partial charge >= 0.3 is 6.18 Å². The second-order valence-electron chi connectivity index (χ2n) is 5.45. The fraction of sp³-hybridized carbons (Fsp3) is 0.533. The number of benzene rings is 1. The fourth-order valence-electron chi connectivity index (χ4n) is 2.57. The number of nitrogens with zero attached hydrogens (tertiary/aromatic N) is 1. The normalized spacial score (nSPS) is 18.0. The molecule has 0 aliphatic carbocycles. The molecule has 2 rings (SSSR count). The predicted octanol–water partition coefficient (Wildman–Crippen LogP) is 4.17. The van der Waals surface area contributed by atoms with Crippen LogP contribution in [0.5, 0.6) is 0 Å². The van der Waals surface area contributed by atoms with Crippen molar-refractivity contribution in [1.82, 2.24) is 4.90 Å². The maximum Gasteiger partial charge on any atom is 0.418 e. The van der Waals surface area contributed by atoms with Gasteiger partial charge in [0.1, 0.15) is 0 Å². The van der Waals surface area contributed by atoms with Crippen LogP contribution in [0.25, 0.3) is 0 Å². The van der Waals surface area contributed by atoms with Gasteiger partial charge in [-0.25, -0.2) is 0 Å². The molecule has 7 heteroatoms. The summed E-state index contributed by atoms with van der Waals surface area (Å²) in [6, 6.07) is 2.88. The van der Waals surface area contributed by atoms with E-state index in [1.165, 1.54) is 12.1 Å². The van der Waals surface area contributed by atoms with E-state index in [0.29, 0.717) is 0 Å². The van der Waals surface area contributed by atoms with Crippen molar-refractivity contribution in [1.29, 1.82) is 0 Å². The number of likely N-dealkylation sites (tertiary alicyclic amines) is 1. The number of piperidine rings is 1. The first kappa shape index (κ1) is 17.1. The third kappa shape index (κ3) is 4.14. The number of carbonyl (C=O) groups excluding carboxylic acids is 1. The Hall–Kier alpha value is -1.27. The van der Waals surface area contributed by atoms with E-state index in [0.717, 1.165) is 38.4 Å². The molecule has 0 radical (unpaired) electrons. The summed E-state index contributed by atoms with van der Waals surface area (Å²) in [5, 5.41) is 2.36. The molecular weight excluding hydrogens is 317 g/mol. The zero-order valence-corrected chi connectivity index (χ0v) is 13.0. The fourth-order valence-corrected chi connectivity index (χ4v) is 2.74. The molecular formula is C15H18ClF3N2O. The highest BCUT2D eigenvalue weighted by atomic mass is 35.5. The number of amides is 1. The van der Waals surface area contributed by atoms with E-state index >= 15 is 0 Å². The smallest absolute Gasteiger partial charge is 0.324 e. The SMILES string of the molecule is C[C@H](C(=O)Nc1ccc(Cl)cc1C(F)(F)F)N1CCCCC1. The number of nitrogens with one attached hydrogen (secondary N) is 1. The van der Waals surface area contributed by atoms with Gasteiger partial charge in [0.15, 0.2) is 0 Å². The number of halogens is 4. The van der Waals surface area contributed by atoms with Crippen LogP contribution < -0.4 is 5.32 Å². The Bertz CT molecular complexity index is 542. The van der Waals surface area contributed by atoms with Crippen molar-refractivity contribution < 1.29 is 18.0 Å². The maximum absolute atomic E-state index is 13.0. The second kappa shape index (κ2) is 6.87. The first-order chi connectivity index (χ1) is 10.3. The summed E-state index contributed by atoms with van der Waals surface area (Å²) in [4.78, 5) is 14.2. The average molecular weight is 335 g/mol. The molecule has 1 amide bonds. The molecule has 22 heavy (non-hydrogen) atoms. The van der Waals surface area contributed by atoms with E-state index in [2.05, 4.69) is 5.32 Å². The number of hydrogen-bond donors (Lipinski definition) is 1. The summed E-state index contributed by atoms with van der Waals surface area (Å²) < 4.78 is 39.0. The minimum atomic E-state index is -4.57. The van der Waals surface area contributed by atoms with Crippen LogP contribution in [-0.4, -0.2) is 29.9 Å². The van der Waals surface area contributed by atoms with Crippen LogP contribution in [0, 0.1) is 0 Å². The van der Waals surface area contributed by atoms with Gasteiger partial charge in [-0.3, -0.25) is 9.69 Å². The molecule has 1 aliphatic rings. The molecule has 0 aromatic heterocycles. The standard InChI is InChI=1S/C15H18ClF3N2O/c1-10(21-7-3-2-4-8-21)14(22)20-13-6-5-11(16)9-12(13)15(17,18)19/h5-6,9-10H,2-4,7-8H2,1H3,(H,20,22)/t10-/m1/s1. The van der Waals surface area contributed by atoms with Crippen LogP contribution in [0.1, 0.15) is 31.7 Å². The number of hydrogen-bond acceptors (Lipinski definition) is 2. The molecule has 0 unspecified atom stereocenters. The summed E-state index contributed by atoms with van der Waals surface area (Å²) in [6.45, 7) is 3.30. The Labute approximate surface area is 132 Å². The molecule has 1 aromatic carbocycles. The molecule has 0 saturated carbocycles. The van der Waals surface area contributed by atoms with Crippen molar-refractivity contribution in [2.75, 3.05) is 18.4 Å². The first-order valence-corrected chi connectivity index (χ1v) is 7.58. The van der Waals surface area contributed by atoms with Gasteiger partial charge in [0.2, 0.25) is 5.91 Å². The molecule has 1 aromatic rings. The topological polar surface area (TPSA) is 32.3 Å². The van der Waals surface area contributed by atoms with Gasteiger partial charge in [-0.15, -0.1) is 0 Å². The summed E-state index contributed by atoms with van der Waals surface area (Å²) in [5.41, 5.74) is -1.19. The lowest BCUT2D eigenvalue weighted by molar-refractivity contribution is -0.137. The third-order valence-corrected chi connectivity index (χ3v) is 4.10. The average Bonchev–Trinajstić information content (AvgIpc) is 2.48. The number of carbonyl (C=O) groups is 1. The van der Waals surface area contributed by atoms with E-state index in [9.17, 15) is 18.0 Å². The molecule has 1 atom stereocenters. The van der Waals surface area contributed by atoms with Gasteiger partial charge in [0.25, 0.3) is 0 Å². The molecule has 122 valence electrons. The highest BCUT2D eigenvalue weighted by Gasteiger charge is 2.35. The van der Waals surface area contributed by atoms with Gasteiger partial charge in [-0.05, 0) is 51.1 Å². The zero-order valence-electron chi connectivity index (χ0n) is 12.2. The lowest BCUT2D eigenvalue weighted by Gasteiger charge is -2.31. The van der Waals surface area contributed by atoms with Crippen LogP contribution in [0.3, 0.4) is 0 Å². The molecule has 1 N–H and O–H groups in total. The molecule has 1 fully saturated rings. The molecule has 0 spiro atoms. The second-order valence-corrected chi connectivity index (χ2v) is 5.89. The zero-order chi connectivity index (χ0) is 16.3. The van der Waals surface area contributed by atoms with E-state index in [1.54, 1.807) is 6.92 Å². The van der Waals surface area contributed by atoms with Crippen molar-refractivity contribution in [3.8, 4) is 0 Å². The number of alkyl halides is 3. The van der Waals surface area contributed by atoms with Crippen LogP contribution >= 0.6 is 11.6 Å². The van der Waals surface area contributed by atoms with Crippen molar-refractivity contribution in [2.45, 2.75) is 38.4 Å². The van der Waals surface area contributed by atoms with Crippen LogP contribution in [-0.2, 0) is 11.0 Å². The van der Waals surface area contributed by atoms with Gasteiger partial charge in [0.05, 0.1) is 17.3 Å². The van der Waals surface area contributed by atoms with Gasteiger partial charge in [0, 0.05) is 5.02 Å². The summed E-state index contributed by atoms with van der Waals surface area (Å²) in [5.74, 6) is -0.435. The molecule has 1 aliphatic heterocycles. The lowest BCUT2D eigenvalue weighted by atomic mass is 10.1. The Kier molecular flexibility index (Phi) is 5.34. The highest BCUT2D eigenvalue weighted by Crippen LogP contribution is 2.36. The van der Waals surface area contributed by atoms with Gasteiger partial charge in [-0.2, -0.15) is 13.2 Å². The minimum absolute atomic E-state index is 0.0191. The van der Waals surface area contributed by atoms with E-state index < -0.39 is 23.7 Å². The van der Waals surface area contributed by atoms with Gasteiger partial charge < -0.3 is 5.32 Å². The highest BCUT2D eigenvalue weighted by molar-refractivity contribution is 6.30. The summed E-state index contributed by atoms with van der Waals surface area (Å²) >= 11 is 5.62.